The molecule has 0 aromatic rings. The molecule has 1 saturated heterocycles. The van der Waals surface area contributed by atoms with Crippen molar-refractivity contribution in [1.29, 1.82) is 0 Å². The van der Waals surface area contributed by atoms with E-state index in [1.807, 2.05) is 0 Å². The lowest BCUT2D eigenvalue weighted by atomic mass is 10.2. The quantitative estimate of drug-likeness (QED) is 0.629. The number of carbonyl (C=O) groups excluding carboxylic acids is 2. The number of hydrogen-bond acceptors (Lipinski definition) is 3. The molecule has 0 aliphatic carbocycles. The molecule has 0 spiro atoms. The molecule has 0 aromatic heterocycles. The van der Waals surface area contributed by atoms with Crippen molar-refractivity contribution >= 4 is 17.9 Å². The van der Waals surface area contributed by atoms with Gasteiger partial charge >= 0.3 is 12.0 Å². The molecule has 3 amide bonds. The van der Waals surface area contributed by atoms with Crippen molar-refractivity contribution in [2.75, 3.05) is 20.1 Å². The summed E-state index contributed by atoms with van der Waals surface area (Å²) in [6, 6.07) is -0.428. The van der Waals surface area contributed by atoms with Crippen LogP contribution in [0.5, 0.6) is 0 Å². The summed E-state index contributed by atoms with van der Waals surface area (Å²) in [5.74, 6) is -1.93. The van der Waals surface area contributed by atoms with Crippen LogP contribution in [0.3, 0.4) is 0 Å². The van der Waals surface area contributed by atoms with Crippen LogP contribution in [0.25, 0.3) is 0 Å². The zero-order chi connectivity index (χ0) is 10.9. The second-order valence-corrected chi connectivity index (χ2v) is 3.36. The Balaban J connectivity index is 2.60. The molecule has 78 valence electrons. The van der Waals surface area contributed by atoms with Crippen LogP contribution in [0.1, 0.15) is 6.92 Å². The molecule has 1 fully saturated rings. The summed E-state index contributed by atoms with van der Waals surface area (Å²) < 4.78 is 0. The molecule has 0 aromatic carbocycles. The number of hydrogen-bond donors (Lipinski definition) is 1. The lowest BCUT2D eigenvalue weighted by Crippen LogP contribution is -2.35. The first-order chi connectivity index (χ1) is 6.43. The van der Waals surface area contributed by atoms with E-state index >= 15 is 0 Å². The fourth-order valence-electron chi connectivity index (χ4n) is 1.21. The van der Waals surface area contributed by atoms with Crippen molar-refractivity contribution < 1.29 is 19.5 Å². The Kier molecular flexibility index (Phi) is 2.73. The molecule has 0 saturated carbocycles. The Labute approximate surface area is 81.1 Å². The average Bonchev–Trinajstić information content (AvgIpc) is 2.33. The molecule has 14 heavy (non-hydrogen) atoms. The normalized spacial score (nSPS) is 19.0. The molecule has 6 heteroatoms. The summed E-state index contributed by atoms with van der Waals surface area (Å²) in [7, 11) is 1.39. The summed E-state index contributed by atoms with van der Waals surface area (Å²) in [5, 5.41) is 8.62. The Morgan fingerprint density at radius 1 is 1.57 bits per heavy atom. The molecule has 1 N–H and O–H groups in total. The smallest absolute Gasteiger partial charge is 0.326 e. The minimum Gasteiger partial charge on any atom is -0.481 e. The van der Waals surface area contributed by atoms with Gasteiger partial charge in [-0.1, -0.05) is 6.92 Å². The number of carbonyl (C=O) groups is 3. The average molecular weight is 200 g/mol. The van der Waals surface area contributed by atoms with Crippen molar-refractivity contribution in [2.24, 2.45) is 5.92 Å². The lowest BCUT2D eigenvalue weighted by Gasteiger charge is -2.16. The maximum Gasteiger partial charge on any atom is 0.326 e. The van der Waals surface area contributed by atoms with Gasteiger partial charge in [0.1, 0.15) is 6.54 Å². The molecular formula is C8H12N2O4. The van der Waals surface area contributed by atoms with Crippen LogP contribution < -0.4 is 0 Å². The minimum atomic E-state index is -0.972. The predicted molar refractivity (Wildman–Crippen MR) is 46.5 cm³/mol. The van der Waals surface area contributed by atoms with Crippen LogP contribution in [0, 0.1) is 5.92 Å². The van der Waals surface area contributed by atoms with Gasteiger partial charge < -0.3 is 10.0 Å². The van der Waals surface area contributed by atoms with Crippen LogP contribution in [0.4, 0.5) is 4.79 Å². The molecule has 0 radical (unpaired) electrons. The number of rotatable bonds is 3. The number of carboxylic acid groups (broad SMARTS) is 1. The zero-order valence-electron chi connectivity index (χ0n) is 8.06. The molecule has 0 bridgehead atoms. The van der Waals surface area contributed by atoms with Crippen molar-refractivity contribution in [3.05, 3.63) is 0 Å². The molecule has 6 nitrogen and oxygen atoms in total. The van der Waals surface area contributed by atoms with E-state index in [0.29, 0.717) is 0 Å². The fraction of sp³-hybridized carbons (Fsp3) is 0.625. The number of carboxylic acids is 1. The van der Waals surface area contributed by atoms with E-state index in [4.69, 9.17) is 5.11 Å². The SMILES string of the molecule is CC(CN1CC(=O)N(C)C1=O)C(=O)O. The third-order valence-electron chi connectivity index (χ3n) is 2.17. The van der Waals surface area contributed by atoms with Gasteiger partial charge in [0, 0.05) is 13.6 Å². The van der Waals surface area contributed by atoms with Crippen LogP contribution in [0.15, 0.2) is 0 Å². The van der Waals surface area contributed by atoms with Crippen LogP contribution in [0.2, 0.25) is 0 Å². The van der Waals surface area contributed by atoms with Gasteiger partial charge in [-0.15, -0.1) is 0 Å². The number of aliphatic carboxylic acids is 1. The van der Waals surface area contributed by atoms with Crippen LogP contribution in [-0.4, -0.2) is 53.0 Å². The number of imide groups is 1. The summed E-state index contributed by atoms with van der Waals surface area (Å²) in [4.78, 5) is 35.1. The topological polar surface area (TPSA) is 77.9 Å². The van der Waals surface area contributed by atoms with E-state index in [1.54, 1.807) is 0 Å². The van der Waals surface area contributed by atoms with Crippen molar-refractivity contribution in [3.63, 3.8) is 0 Å². The molecule has 1 aliphatic rings. The summed E-state index contributed by atoms with van der Waals surface area (Å²) in [5.41, 5.74) is 0. The Morgan fingerprint density at radius 3 is 2.50 bits per heavy atom. The Morgan fingerprint density at radius 2 is 2.14 bits per heavy atom. The first-order valence-corrected chi connectivity index (χ1v) is 4.21. The largest absolute Gasteiger partial charge is 0.481 e. The monoisotopic (exact) mass is 200 g/mol. The second kappa shape index (κ2) is 3.65. The van der Waals surface area contributed by atoms with E-state index in [2.05, 4.69) is 0 Å². The van der Waals surface area contributed by atoms with Gasteiger partial charge in [-0.2, -0.15) is 0 Å². The molecule has 1 unspecified atom stereocenters. The third kappa shape index (κ3) is 1.84. The zero-order valence-corrected chi connectivity index (χ0v) is 8.06. The summed E-state index contributed by atoms with van der Waals surface area (Å²) >= 11 is 0. The maximum absolute atomic E-state index is 11.3. The summed E-state index contributed by atoms with van der Waals surface area (Å²) in [6.07, 6.45) is 0. The highest BCUT2D eigenvalue weighted by atomic mass is 16.4. The van der Waals surface area contributed by atoms with Gasteiger partial charge in [-0.25, -0.2) is 4.79 Å². The van der Waals surface area contributed by atoms with Crippen molar-refractivity contribution in [3.8, 4) is 0 Å². The minimum absolute atomic E-state index is 0.0209. The Bertz CT molecular complexity index is 289. The number of urea groups is 1. The van der Waals surface area contributed by atoms with Crippen LogP contribution in [-0.2, 0) is 9.59 Å². The molecule has 1 rings (SSSR count). The number of likely N-dealkylation sites (N-methyl/N-ethyl adjacent to an activating group) is 1. The highest BCUT2D eigenvalue weighted by Gasteiger charge is 2.34. The van der Waals surface area contributed by atoms with Gasteiger partial charge in [0.2, 0.25) is 5.91 Å². The highest BCUT2D eigenvalue weighted by molar-refractivity contribution is 6.01. The first kappa shape index (κ1) is 10.5. The molecule has 1 aliphatic heterocycles. The molecule has 1 atom stereocenters. The molecular weight excluding hydrogens is 188 g/mol. The second-order valence-electron chi connectivity index (χ2n) is 3.36. The Hall–Kier alpha value is -1.59. The summed E-state index contributed by atoms with van der Waals surface area (Å²) in [6.45, 7) is 1.55. The van der Waals surface area contributed by atoms with Gasteiger partial charge in [-0.05, 0) is 0 Å². The highest BCUT2D eigenvalue weighted by Crippen LogP contribution is 2.10. The number of nitrogens with zero attached hydrogens (tertiary/aromatic N) is 2. The van der Waals surface area contributed by atoms with E-state index in [1.165, 1.54) is 18.9 Å². The first-order valence-electron chi connectivity index (χ1n) is 4.21. The molecule has 1 heterocycles. The van der Waals surface area contributed by atoms with E-state index < -0.39 is 17.9 Å². The third-order valence-corrected chi connectivity index (χ3v) is 2.17. The van der Waals surface area contributed by atoms with Gasteiger partial charge in [0.05, 0.1) is 5.92 Å². The number of amides is 3. The predicted octanol–water partition coefficient (Wildman–Crippen LogP) is -0.399. The van der Waals surface area contributed by atoms with Gasteiger partial charge in [0.25, 0.3) is 0 Å². The standard InChI is InChI=1S/C8H12N2O4/c1-5(7(12)13)3-10-4-6(11)9(2)8(10)14/h5H,3-4H2,1-2H3,(H,12,13). The van der Waals surface area contributed by atoms with E-state index in [-0.39, 0.29) is 19.0 Å². The van der Waals surface area contributed by atoms with E-state index in [0.717, 1.165) is 4.90 Å². The van der Waals surface area contributed by atoms with Crippen molar-refractivity contribution in [1.82, 2.24) is 9.80 Å². The fourth-order valence-corrected chi connectivity index (χ4v) is 1.21. The van der Waals surface area contributed by atoms with Crippen LogP contribution >= 0.6 is 0 Å². The lowest BCUT2D eigenvalue weighted by molar-refractivity contribution is -0.141. The van der Waals surface area contributed by atoms with Gasteiger partial charge in [0.15, 0.2) is 0 Å². The van der Waals surface area contributed by atoms with Crippen molar-refractivity contribution in [2.45, 2.75) is 6.92 Å². The maximum atomic E-state index is 11.3. The van der Waals surface area contributed by atoms with E-state index in [9.17, 15) is 14.4 Å². The van der Waals surface area contributed by atoms with Gasteiger partial charge in [-0.3, -0.25) is 14.5 Å².